The van der Waals surface area contributed by atoms with Crippen LogP contribution in [0.5, 0.6) is 0 Å². The third-order valence-corrected chi connectivity index (χ3v) is 6.17. The fourth-order valence-electron chi connectivity index (χ4n) is 4.08. The molecular weight excluding hydrogens is 448 g/mol. The van der Waals surface area contributed by atoms with Gasteiger partial charge in [-0.2, -0.15) is 13.2 Å². The summed E-state index contributed by atoms with van der Waals surface area (Å²) in [5.41, 5.74) is 0.347. The highest BCUT2D eigenvalue weighted by Gasteiger charge is 2.32. The standard InChI is InChI=1S/C22H21ClF4N4O/c23-18-6-3-14(22(25,26)27)8-17(18)21(32)31-16-4-1-12(2-5-16)9-29-20-19-13(10-30-20)7-15(24)11-28-19/h3,6-8,11-12,16H,1-2,4-5,9-10H2,(H,29,30)(H,31,32). The Hall–Kier alpha value is -2.68. The van der Waals surface area contributed by atoms with E-state index in [2.05, 4.69) is 20.6 Å². The number of aromatic nitrogens is 1. The van der Waals surface area contributed by atoms with Gasteiger partial charge in [-0.3, -0.25) is 9.79 Å². The summed E-state index contributed by atoms with van der Waals surface area (Å²) in [5.74, 6) is 0.0343. The van der Waals surface area contributed by atoms with Crippen LogP contribution in [0.3, 0.4) is 0 Å². The molecule has 2 aromatic rings. The Morgan fingerprint density at radius 3 is 2.62 bits per heavy atom. The predicted molar refractivity (Wildman–Crippen MR) is 112 cm³/mol. The van der Waals surface area contributed by atoms with Gasteiger partial charge in [-0.05, 0) is 55.9 Å². The van der Waals surface area contributed by atoms with Gasteiger partial charge in [0.05, 0.1) is 28.9 Å². The third kappa shape index (κ3) is 5.03. The molecule has 2 aliphatic rings. The van der Waals surface area contributed by atoms with Crippen LogP contribution in [0, 0.1) is 11.7 Å². The molecule has 1 aliphatic carbocycles. The van der Waals surface area contributed by atoms with E-state index >= 15 is 0 Å². The first kappa shape index (κ1) is 22.5. The lowest BCUT2D eigenvalue weighted by atomic mass is 9.86. The van der Waals surface area contributed by atoms with Crippen molar-refractivity contribution in [3.05, 3.63) is 63.7 Å². The highest BCUT2D eigenvalue weighted by Crippen LogP contribution is 2.32. The number of aliphatic imine (C=N–C) groups is 1. The zero-order valence-electron chi connectivity index (χ0n) is 17.0. The number of carbonyl (C=O) groups excluding carboxylic acids is 1. The lowest BCUT2D eigenvalue weighted by molar-refractivity contribution is -0.137. The summed E-state index contributed by atoms with van der Waals surface area (Å²) >= 11 is 5.96. The molecule has 10 heteroatoms. The van der Waals surface area contributed by atoms with Crippen molar-refractivity contribution in [2.75, 3.05) is 6.54 Å². The van der Waals surface area contributed by atoms with Crippen LogP contribution >= 0.6 is 11.6 Å². The molecule has 170 valence electrons. The average molecular weight is 469 g/mol. The number of amidine groups is 1. The maximum absolute atomic E-state index is 13.3. The Balaban J connectivity index is 1.27. The molecule has 5 nitrogen and oxygen atoms in total. The molecule has 1 amide bonds. The molecule has 1 saturated carbocycles. The first-order valence-corrected chi connectivity index (χ1v) is 10.7. The molecule has 1 aliphatic heterocycles. The van der Waals surface area contributed by atoms with Gasteiger partial charge < -0.3 is 10.6 Å². The van der Waals surface area contributed by atoms with Crippen LogP contribution in [0.2, 0.25) is 5.02 Å². The van der Waals surface area contributed by atoms with Gasteiger partial charge in [0.25, 0.3) is 5.91 Å². The van der Waals surface area contributed by atoms with E-state index in [0.29, 0.717) is 43.4 Å². The van der Waals surface area contributed by atoms with E-state index in [1.165, 1.54) is 12.3 Å². The van der Waals surface area contributed by atoms with Crippen LogP contribution < -0.4 is 10.6 Å². The summed E-state index contributed by atoms with van der Waals surface area (Å²) in [7, 11) is 0. The second-order valence-electron chi connectivity index (χ2n) is 8.09. The van der Waals surface area contributed by atoms with Crippen molar-refractivity contribution in [3.63, 3.8) is 0 Å². The smallest absolute Gasteiger partial charge is 0.368 e. The van der Waals surface area contributed by atoms with Crippen molar-refractivity contribution in [2.45, 2.75) is 44.4 Å². The van der Waals surface area contributed by atoms with E-state index in [-0.39, 0.29) is 22.4 Å². The van der Waals surface area contributed by atoms with Crippen LogP contribution in [0.4, 0.5) is 17.6 Å². The molecule has 1 aromatic heterocycles. The summed E-state index contributed by atoms with van der Waals surface area (Å²) in [4.78, 5) is 21.0. The lowest BCUT2D eigenvalue weighted by Gasteiger charge is -2.29. The van der Waals surface area contributed by atoms with Crippen molar-refractivity contribution in [2.24, 2.45) is 10.9 Å². The first-order valence-electron chi connectivity index (χ1n) is 10.3. The van der Waals surface area contributed by atoms with Gasteiger partial charge in [-0.15, -0.1) is 0 Å². The zero-order chi connectivity index (χ0) is 22.9. The number of carbonyl (C=O) groups is 1. The van der Waals surface area contributed by atoms with E-state index in [4.69, 9.17) is 11.6 Å². The molecule has 2 N–H and O–H groups in total. The van der Waals surface area contributed by atoms with Crippen molar-refractivity contribution >= 4 is 23.3 Å². The maximum atomic E-state index is 13.3. The van der Waals surface area contributed by atoms with Crippen LogP contribution in [0.1, 0.15) is 52.9 Å². The number of hydrogen-bond acceptors (Lipinski definition) is 4. The highest BCUT2D eigenvalue weighted by molar-refractivity contribution is 6.33. The summed E-state index contributed by atoms with van der Waals surface area (Å²) in [6.45, 7) is 1.08. The summed E-state index contributed by atoms with van der Waals surface area (Å²) < 4.78 is 52.1. The van der Waals surface area contributed by atoms with E-state index in [1.807, 2.05) is 0 Å². The summed E-state index contributed by atoms with van der Waals surface area (Å²) in [6, 6.07) is 4.04. The molecule has 0 saturated heterocycles. The minimum absolute atomic E-state index is 0.0144. The number of nitrogens with zero attached hydrogens (tertiary/aromatic N) is 2. The minimum Gasteiger partial charge on any atom is -0.368 e. The second kappa shape index (κ2) is 9.05. The second-order valence-corrected chi connectivity index (χ2v) is 8.50. The van der Waals surface area contributed by atoms with Gasteiger partial charge in [-0.25, -0.2) is 9.37 Å². The number of hydrogen-bond donors (Lipinski definition) is 2. The van der Waals surface area contributed by atoms with Crippen molar-refractivity contribution in [1.82, 2.24) is 15.6 Å². The van der Waals surface area contributed by atoms with Gasteiger partial charge in [0.1, 0.15) is 17.3 Å². The average Bonchev–Trinajstić information content (AvgIpc) is 3.14. The Morgan fingerprint density at radius 1 is 1.16 bits per heavy atom. The Bertz CT molecular complexity index is 1050. The van der Waals surface area contributed by atoms with E-state index in [1.54, 1.807) is 0 Å². The molecule has 1 aromatic carbocycles. The molecule has 0 unspecified atom stereocenters. The van der Waals surface area contributed by atoms with Crippen LogP contribution in [-0.4, -0.2) is 29.3 Å². The number of alkyl halides is 3. The number of rotatable bonds is 4. The van der Waals surface area contributed by atoms with Crippen molar-refractivity contribution in [1.29, 1.82) is 0 Å². The Kier molecular flexibility index (Phi) is 6.37. The number of pyridine rings is 1. The largest absolute Gasteiger partial charge is 0.416 e. The number of halogens is 5. The molecule has 0 radical (unpaired) electrons. The molecule has 1 fully saturated rings. The minimum atomic E-state index is -4.54. The zero-order valence-corrected chi connectivity index (χ0v) is 17.7. The monoisotopic (exact) mass is 468 g/mol. The molecule has 0 spiro atoms. The maximum Gasteiger partial charge on any atom is 0.416 e. The van der Waals surface area contributed by atoms with Gasteiger partial charge in [-0.1, -0.05) is 11.6 Å². The lowest BCUT2D eigenvalue weighted by Crippen LogP contribution is -2.40. The van der Waals surface area contributed by atoms with Crippen LogP contribution in [-0.2, 0) is 12.7 Å². The number of benzene rings is 1. The van der Waals surface area contributed by atoms with Gasteiger partial charge >= 0.3 is 6.18 Å². The van der Waals surface area contributed by atoms with Gasteiger partial charge in [0.2, 0.25) is 0 Å². The Labute approximate surface area is 187 Å². The van der Waals surface area contributed by atoms with Crippen LogP contribution in [0.15, 0.2) is 35.5 Å². The molecule has 4 rings (SSSR count). The van der Waals surface area contributed by atoms with E-state index < -0.39 is 17.6 Å². The number of amides is 1. The predicted octanol–water partition coefficient (Wildman–Crippen LogP) is 4.73. The fourth-order valence-corrected chi connectivity index (χ4v) is 4.29. The normalized spacial score (nSPS) is 20.5. The SMILES string of the molecule is O=C(NC1CCC(CNC2=NCc3cc(F)cnc32)CC1)c1cc(C(F)(F)F)ccc1Cl. The van der Waals surface area contributed by atoms with Crippen molar-refractivity contribution in [3.8, 4) is 0 Å². The summed E-state index contributed by atoms with van der Waals surface area (Å²) in [5, 5.41) is 6.09. The molecule has 0 atom stereocenters. The molecule has 32 heavy (non-hydrogen) atoms. The quantitative estimate of drug-likeness (QED) is 0.637. The van der Waals surface area contributed by atoms with E-state index in [9.17, 15) is 22.4 Å². The van der Waals surface area contributed by atoms with E-state index in [0.717, 1.165) is 36.6 Å². The molecule has 0 bridgehead atoms. The van der Waals surface area contributed by atoms with Crippen molar-refractivity contribution < 1.29 is 22.4 Å². The highest BCUT2D eigenvalue weighted by atomic mass is 35.5. The third-order valence-electron chi connectivity index (χ3n) is 5.84. The fraction of sp³-hybridized carbons (Fsp3) is 0.409. The molecular formula is C22H21ClF4N4O. The molecule has 2 heterocycles. The van der Waals surface area contributed by atoms with Crippen LogP contribution in [0.25, 0.3) is 0 Å². The Morgan fingerprint density at radius 2 is 1.91 bits per heavy atom. The summed E-state index contributed by atoms with van der Waals surface area (Å²) in [6.07, 6.45) is -0.275. The number of nitrogens with one attached hydrogen (secondary N) is 2. The number of fused-ring (bicyclic) bond motifs is 1. The topological polar surface area (TPSA) is 66.4 Å². The first-order chi connectivity index (χ1) is 15.2. The van der Waals surface area contributed by atoms with Gasteiger partial charge in [0, 0.05) is 18.2 Å². The van der Waals surface area contributed by atoms with Gasteiger partial charge in [0.15, 0.2) is 0 Å².